The highest BCUT2D eigenvalue weighted by molar-refractivity contribution is 5.80. The first-order chi connectivity index (χ1) is 13.2. The van der Waals surface area contributed by atoms with Gasteiger partial charge in [-0.2, -0.15) is 0 Å². The summed E-state index contributed by atoms with van der Waals surface area (Å²) < 4.78 is 11.4. The Balaban J connectivity index is 1.45. The van der Waals surface area contributed by atoms with E-state index in [0.29, 0.717) is 12.6 Å². The Morgan fingerprint density at radius 3 is 2.63 bits per heavy atom. The van der Waals surface area contributed by atoms with E-state index < -0.39 is 0 Å². The monoisotopic (exact) mass is 375 g/mol. The second kappa shape index (κ2) is 9.83. The zero-order valence-electron chi connectivity index (χ0n) is 16.6. The first kappa shape index (κ1) is 19.8. The van der Waals surface area contributed by atoms with Crippen molar-refractivity contribution >= 4 is 5.96 Å². The summed E-state index contributed by atoms with van der Waals surface area (Å²) in [6, 6.07) is 5.26. The third-order valence-electron chi connectivity index (χ3n) is 5.72. The lowest BCUT2D eigenvalue weighted by Gasteiger charge is -2.34. The van der Waals surface area contributed by atoms with Crippen molar-refractivity contribution < 1.29 is 14.6 Å². The number of ether oxygens (including phenoxy) is 2. The number of nitrogens with zero attached hydrogens (tertiary/aromatic N) is 2. The van der Waals surface area contributed by atoms with E-state index in [4.69, 9.17) is 9.47 Å². The summed E-state index contributed by atoms with van der Waals surface area (Å²) in [5.41, 5.74) is 0.797. The quantitative estimate of drug-likeness (QED) is 0.591. The molecule has 1 aliphatic carbocycles. The molecule has 0 spiro atoms. The fourth-order valence-electron chi connectivity index (χ4n) is 4.02. The number of methoxy groups -OCH3 is 1. The highest BCUT2D eigenvalue weighted by atomic mass is 16.5. The van der Waals surface area contributed by atoms with Gasteiger partial charge in [-0.3, -0.25) is 4.99 Å². The summed E-state index contributed by atoms with van der Waals surface area (Å²) >= 11 is 0. The molecule has 1 aromatic carbocycles. The molecule has 27 heavy (non-hydrogen) atoms. The van der Waals surface area contributed by atoms with E-state index in [1.807, 2.05) is 6.07 Å². The van der Waals surface area contributed by atoms with E-state index >= 15 is 0 Å². The standard InChI is InChI=1S/C21H33N3O3/c1-22-21(23-14-17-13-19(26-2)7-8-20(17)25)24-11-9-18(10-12-24)27-15-16-5-3-4-6-16/h7-8,13,16,18,25H,3-6,9-12,14-15H2,1-2H3,(H,22,23). The van der Waals surface area contributed by atoms with Crippen LogP contribution in [0.15, 0.2) is 23.2 Å². The molecule has 1 saturated heterocycles. The summed E-state index contributed by atoms with van der Waals surface area (Å²) in [4.78, 5) is 6.68. The molecule has 6 heteroatoms. The Morgan fingerprint density at radius 1 is 1.22 bits per heavy atom. The van der Waals surface area contributed by atoms with Gasteiger partial charge >= 0.3 is 0 Å². The topological polar surface area (TPSA) is 66.3 Å². The van der Waals surface area contributed by atoms with Gasteiger partial charge in [-0.05, 0) is 49.8 Å². The molecule has 0 unspecified atom stereocenters. The van der Waals surface area contributed by atoms with Gasteiger partial charge in [0, 0.05) is 38.9 Å². The minimum Gasteiger partial charge on any atom is -0.508 e. The lowest BCUT2D eigenvalue weighted by molar-refractivity contribution is 0.00101. The van der Waals surface area contributed by atoms with Gasteiger partial charge in [0.15, 0.2) is 5.96 Å². The predicted octanol–water partition coefficient (Wildman–Crippen LogP) is 3.15. The van der Waals surface area contributed by atoms with E-state index in [2.05, 4.69) is 15.2 Å². The third kappa shape index (κ3) is 5.51. The van der Waals surface area contributed by atoms with Crippen LogP contribution >= 0.6 is 0 Å². The number of phenols is 1. The molecule has 0 amide bonds. The second-order valence-corrected chi connectivity index (χ2v) is 7.57. The molecule has 1 heterocycles. The van der Waals surface area contributed by atoms with Crippen LogP contribution in [0.5, 0.6) is 11.5 Å². The molecule has 150 valence electrons. The van der Waals surface area contributed by atoms with Gasteiger partial charge in [0.1, 0.15) is 11.5 Å². The van der Waals surface area contributed by atoms with Crippen LogP contribution in [0.1, 0.15) is 44.1 Å². The first-order valence-electron chi connectivity index (χ1n) is 10.1. The molecule has 0 atom stereocenters. The number of hydrogen-bond acceptors (Lipinski definition) is 4. The largest absolute Gasteiger partial charge is 0.508 e. The first-order valence-corrected chi connectivity index (χ1v) is 10.1. The second-order valence-electron chi connectivity index (χ2n) is 7.57. The number of piperidine rings is 1. The minimum atomic E-state index is 0.262. The van der Waals surface area contributed by atoms with Crippen molar-refractivity contribution in [3.05, 3.63) is 23.8 Å². The van der Waals surface area contributed by atoms with Crippen LogP contribution in [0.2, 0.25) is 0 Å². The highest BCUT2D eigenvalue weighted by Crippen LogP contribution is 2.26. The van der Waals surface area contributed by atoms with Crippen molar-refractivity contribution in [2.45, 2.75) is 51.2 Å². The van der Waals surface area contributed by atoms with Gasteiger partial charge in [-0.1, -0.05) is 12.8 Å². The Morgan fingerprint density at radius 2 is 1.96 bits per heavy atom. The van der Waals surface area contributed by atoms with Crippen molar-refractivity contribution in [1.82, 2.24) is 10.2 Å². The molecule has 1 aromatic rings. The summed E-state index contributed by atoms with van der Waals surface area (Å²) in [5, 5.41) is 13.4. The Labute approximate surface area is 162 Å². The summed E-state index contributed by atoms with van der Waals surface area (Å²) in [6.45, 7) is 3.33. The molecular formula is C21H33N3O3. The molecule has 1 aliphatic heterocycles. The van der Waals surface area contributed by atoms with E-state index in [9.17, 15) is 5.11 Å². The Bertz CT molecular complexity index is 621. The number of rotatable bonds is 6. The van der Waals surface area contributed by atoms with Crippen LogP contribution in [0, 0.1) is 5.92 Å². The molecule has 0 aromatic heterocycles. The van der Waals surface area contributed by atoms with Crippen molar-refractivity contribution in [3.63, 3.8) is 0 Å². The zero-order valence-corrected chi connectivity index (χ0v) is 16.6. The van der Waals surface area contributed by atoms with E-state index in [1.165, 1.54) is 25.7 Å². The molecule has 2 aliphatic rings. The van der Waals surface area contributed by atoms with Crippen LogP contribution in [-0.4, -0.2) is 55.9 Å². The molecule has 0 radical (unpaired) electrons. The zero-order chi connectivity index (χ0) is 19.1. The van der Waals surface area contributed by atoms with Crippen molar-refractivity contribution in [1.29, 1.82) is 0 Å². The fourth-order valence-corrected chi connectivity index (χ4v) is 4.02. The lowest BCUT2D eigenvalue weighted by Crippen LogP contribution is -2.46. The highest BCUT2D eigenvalue weighted by Gasteiger charge is 2.24. The van der Waals surface area contributed by atoms with Gasteiger partial charge in [0.2, 0.25) is 0 Å². The van der Waals surface area contributed by atoms with E-state index in [0.717, 1.165) is 55.7 Å². The average molecular weight is 376 g/mol. The molecule has 6 nitrogen and oxygen atoms in total. The van der Waals surface area contributed by atoms with Gasteiger partial charge in [0.05, 0.1) is 13.2 Å². The maximum atomic E-state index is 10.0. The SMILES string of the molecule is CN=C(NCc1cc(OC)ccc1O)N1CCC(OCC2CCCC2)CC1. The van der Waals surface area contributed by atoms with Crippen LogP contribution in [0.4, 0.5) is 0 Å². The molecule has 2 fully saturated rings. The summed E-state index contributed by atoms with van der Waals surface area (Å²) in [6.07, 6.45) is 7.88. The van der Waals surface area contributed by atoms with E-state index in [-0.39, 0.29) is 5.75 Å². The lowest BCUT2D eigenvalue weighted by atomic mass is 10.1. The molecule has 3 rings (SSSR count). The third-order valence-corrected chi connectivity index (χ3v) is 5.72. The van der Waals surface area contributed by atoms with Crippen LogP contribution in [0.3, 0.4) is 0 Å². The van der Waals surface area contributed by atoms with Gasteiger partial charge in [0.25, 0.3) is 0 Å². The van der Waals surface area contributed by atoms with Crippen molar-refractivity contribution in [3.8, 4) is 11.5 Å². The maximum Gasteiger partial charge on any atom is 0.193 e. The number of hydrogen-bond donors (Lipinski definition) is 2. The van der Waals surface area contributed by atoms with Crippen LogP contribution in [0.25, 0.3) is 0 Å². The maximum absolute atomic E-state index is 10.0. The fraction of sp³-hybridized carbons (Fsp3) is 0.667. The van der Waals surface area contributed by atoms with Gasteiger partial charge in [-0.25, -0.2) is 0 Å². The predicted molar refractivity (Wildman–Crippen MR) is 107 cm³/mol. The van der Waals surface area contributed by atoms with Gasteiger partial charge in [-0.15, -0.1) is 0 Å². The number of nitrogens with one attached hydrogen (secondary N) is 1. The number of guanidine groups is 1. The minimum absolute atomic E-state index is 0.262. The van der Waals surface area contributed by atoms with Crippen molar-refractivity contribution in [2.75, 3.05) is 33.9 Å². The molecule has 0 bridgehead atoms. The van der Waals surface area contributed by atoms with Gasteiger partial charge < -0.3 is 24.8 Å². The normalized spacial score (nSPS) is 19.5. The Kier molecular flexibility index (Phi) is 7.21. The number of likely N-dealkylation sites (tertiary alicyclic amines) is 1. The average Bonchev–Trinajstić information content (AvgIpc) is 3.22. The van der Waals surface area contributed by atoms with E-state index in [1.54, 1.807) is 26.3 Å². The number of phenolic OH excluding ortho intramolecular Hbond substituents is 1. The summed E-state index contributed by atoms with van der Waals surface area (Å²) in [7, 11) is 3.43. The Hall–Kier alpha value is -1.95. The van der Waals surface area contributed by atoms with Crippen LogP contribution < -0.4 is 10.1 Å². The number of aromatic hydroxyl groups is 1. The molecule has 1 saturated carbocycles. The smallest absolute Gasteiger partial charge is 0.193 e. The number of aliphatic imine (C=N–C) groups is 1. The van der Waals surface area contributed by atoms with Crippen LogP contribution in [-0.2, 0) is 11.3 Å². The summed E-state index contributed by atoms with van der Waals surface area (Å²) in [5.74, 6) is 2.65. The molecule has 2 N–H and O–H groups in total. The van der Waals surface area contributed by atoms with Crippen molar-refractivity contribution in [2.24, 2.45) is 10.9 Å². The number of benzene rings is 1. The molecular weight excluding hydrogens is 342 g/mol.